The van der Waals surface area contributed by atoms with Gasteiger partial charge in [0.05, 0.1) is 11.7 Å². The Balaban J connectivity index is 1.75. The highest BCUT2D eigenvalue weighted by Gasteiger charge is 2.28. The van der Waals surface area contributed by atoms with E-state index in [9.17, 15) is 9.59 Å². The van der Waals surface area contributed by atoms with E-state index in [1.807, 2.05) is 13.8 Å². The van der Waals surface area contributed by atoms with Gasteiger partial charge in [0.1, 0.15) is 5.00 Å². The fraction of sp³-hybridized carbons (Fsp3) is 0.647. The van der Waals surface area contributed by atoms with Gasteiger partial charge < -0.3 is 15.4 Å². The third-order valence-corrected chi connectivity index (χ3v) is 5.63. The molecule has 5 nitrogen and oxygen atoms in total. The molecular formula is C17H24N2O3S. The van der Waals surface area contributed by atoms with Crippen LogP contribution < -0.4 is 10.6 Å². The normalized spacial score (nSPS) is 19.9. The second kappa shape index (κ2) is 7.01. The summed E-state index contributed by atoms with van der Waals surface area (Å²) in [6, 6.07) is 0. The van der Waals surface area contributed by atoms with Gasteiger partial charge in [-0.05, 0) is 37.7 Å². The molecule has 2 aliphatic rings. The van der Waals surface area contributed by atoms with Crippen LogP contribution in [0.4, 0.5) is 5.00 Å². The number of thiophene rings is 1. The number of carbonyl (C=O) groups excluding carboxylic acids is 2. The first-order valence-electron chi connectivity index (χ1n) is 8.41. The largest absolute Gasteiger partial charge is 0.376 e. The third-order valence-electron chi connectivity index (χ3n) is 4.42. The Hall–Kier alpha value is -1.40. The summed E-state index contributed by atoms with van der Waals surface area (Å²) in [7, 11) is 0. The van der Waals surface area contributed by atoms with Crippen molar-refractivity contribution in [3.8, 4) is 0 Å². The van der Waals surface area contributed by atoms with Gasteiger partial charge in [0, 0.05) is 23.9 Å². The summed E-state index contributed by atoms with van der Waals surface area (Å²) in [4.78, 5) is 25.9. The third kappa shape index (κ3) is 3.58. The molecule has 1 aliphatic heterocycles. The van der Waals surface area contributed by atoms with Crippen molar-refractivity contribution < 1.29 is 14.3 Å². The van der Waals surface area contributed by atoms with Gasteiger partial charge in [0.15, 0.2) is 0 Å². The Labute approximate surface area is 140 Å². The minimum Gasteiger partial charge on any atom is -0.376 e. The summed E-state index contributed by atoms with van der Waals surface area (Å²) in [6.07, 6.45) is 5.20. The van der Waals surface area contributed by atoms with E-state index < -0.39 is 0 Å². The minimum atomic E-state index is -0.102. The lowest BCUT2D eigenvalue weighted by Gasteiger charge is -2.13. The van der Waals surface area contributed by atoms with Crippen molar-refractivity contribution in [2.24, 2.45) is 5.92 Å². The molecule has 2 N–H and O–H groups in total. The predicted molar refractivity (Wildman–Crippen MR) is 91.1 cm³/mol. The molecule has 126 valence electrons. The fourth-order valence-corrected chi connectivity index (χ4v) is 4.38. The lowest BCUT2D eigenvalue weighted by Crippen LogP contribution is -2.32. The van der Waals surface area contributed by atoms with Crippen LogP contribution >= 0.6 is 11.3 Å². The van der Waals surface area contributed by atoms with Gasteiger partial charge in [-0.15, -0.1) is 11.3 Å². The van der Waals surface area contributed by atoms with Crippen LogP contribution in [-0.4, -0.2) is 31.1 Å². The lowest BCUT2D eigenvalue weighted by atomic mass is 10.1. The van der Waals surface area contributed by atoms with E-state index in [2.05, 4.69) is 10.6 Å². The first-order valence-corrected chi connectivity index (χ1v) is 9.23. The van der Waals surface area contributed by atoms with Crippen LogP contribution in [-0.2, 0) is 22.4 Å². The highest BCUT2D eigenvalue weighted by Crippen LogP contribution is 2.39. The second-order valence-electron chi connectivity index (χ2n) is 6.55. The van der Waals surface area contributed by atoms with E-state index in [-0.39, 0.29) is 23.8 Å². The standard InChI is InChI=1S/C17H24N2O3S/c1-10(2)15(20)19-17-14(12-6-3-7-13(12)23-17)16(21)18-9-11-5-4-8-22-11/h10-11H,3-9H2,1-2H3,(H,18,21)(H,19,20). The summed E-state index contributed by atoms with van der Waals surface area (Å²) in [5.74, 6) is -0.230. The maximum atomic E-state index is 12.7. The van der Waals surface area contributed by atoms with Crippen LogP contribution in [0.15, 0.2) is 0 Å². The maximum Gasteiger partial charge on any atom is 0.254 e. The van der Waals surface area contributed by atoms with Crippen LogP contribution in [0.5, 0.6) is 0 Å². The number of ether oxygens (including phenoxy) is 1. The summed E-state index contributed by atoms with van der Waals surface area (Å²) < 4.78 is 5.56. The first-order chi connectivity index (χ1) is 11.1. The zero-order chi connectivity index (χ0) is 16.4. The van der Waals surface area contributed by atoms with Gasteiger partial charge in [-0.25, -0.2) is 0 Å². The molecule has 2 heterocycles. The van der Waals surface area contributed by atoms with Crippen LogP contribution in [0.1, 0.15) is 53.9 Å². The van der Waals surface area contributed by atoms with Gasteiger partial charge in [-0.3, -0.25) is 9.59 Å². The molecule has 1 aliphatic carbocycles. The van der Waals surface area contributed by atoms with Crippen LogP contribution in [0.25, 0.3) is 0 Å². The molecule has 1 saturated heterocycles. The Morgan fingerprint density at radius 1 is 1.30 bits per heavy atom. The average molecular weight is 336 g/mol. The number of anilines is 1. The SMILES string of the molecule is CC(C)C(=O)Nc1sc2c(c1C(=O)NCC1CCCO1)CCC2. The van der Waals surface area contributed by atoms with Crippen molar-refractivity contribution in [3.63, 3.8) is 0 Å². The molecule has 1 aromatic rings. The minimum absolute atomic E-state index is 0.0434. The van der Waals surface area contributed by atoms with Gasteiger partial charge in [-0.1, -0.05) is 13.8 Å². The van der Waals surface area contributed by atoms with Crippen molar-refractivity contribution in [1.29, 1.82) is 0 Å². The molecular weight excluding hydrogens is 312 g/mol. The number of aryl methyl sites for hydroxylation is 1. The molecule has 6 heteroatoms. The second-order valence-corrected chi connectivity index (χ2v) is 7.66. The first kappa shape index (κ1) is 16.5. The molecule has 23 heavy (non-hydrogen) atoms. The zero-order valence-electron chi connectivity index (χ0n) is 13.7. The Kier molecular flexibility index (Phi) is 5.02. The molecule has 0 spiro atoms. The molecule has 0 aromatic carbocycles. The van der Waals surface area contributed by atoms with Crippen molar-refractivity contribution in [3.05, 3.63) is 16.0 Å². The van der Waals surface area contributed by atoms with Gasteiger partial charge in [-0.2, -0.15) is 0 Å². The molecule has 3 rings (SSSR count). The van der Waals surface area contributed by atoms with Crippen LogP contribution in [0.3, 0.4) is 0 Å². The molecule has 1 aromatic heterocycles. The Morgan fingerprint density at radius 2 is 2.13 bits per heavy atom. The summed E-state index contributed by atoms with van der Waals surface area (Å²) >= 11 is 1.56. The summed E-state index contributed by atoms with van der Waals surface area (Å²) in [5.41, 5.74) is 1.80. The zero-order valence-corrected chi connectivity index (χ0v) is 14.6. The molecule has 0 radical (unpaired) electrons. The molecule has 1 atom stereocenters. The van der Waals surface area contributed by atoms with E-state index in [1.165, 1.54) is 4.88 Å². The number of amides is 2. The Bertz CT molecular complexity index is 603. The number of rotatable bonds is 5. The maximum absolute atomic E-state index is 12.7. The van der Waals surface area contributed by atoms with Crippen LogP contribution in [0.2, 0.25) is 0 Å². The molecule has 1 fully saturated rings. The molecule has 2 amide bonds. The topological polar surface area (TPSA) is 67.4 Å². The van der Waals surface area contributed by atoms with E-state index in [0.29, 0.717) is 17.1 Å². The van der Waals surface area contributed by atoms with E-state index in [0.717, 1.165) is 44.3 Å². The monoisotopic (exact) mass is 336 g/mol. The number of hydrogen-bond acceptors (Lipinski definition) is 4. The number of carbonyl (C=O) groups is 2. The quantitative estimate of drug-likeness (QED) is 0.869. The van der Waals surface area contributed by atoms with Crippen molar-refractivity contribution >= 4 is 28.2 Å². The summed E-state index contributed by atoms with van der Waals surface area (Å²) in [6.45, 7) is 5.03. The molecule has 0 saturated carbocycles. The lowest BCUT2D eigenvalue weighted by molar-refractivity contribution is -0.118. The van der Waals surface area contributed by atoms with E-state index in [4.69, 9.17) is 4.74 Å². The molecule has 0 bridgehead atoms. The van der Waals surface area contributed by atoms with Gasteiger partial charge >= 0.3 is 0 Å². The summed E-state index contributed by atoms with van der Waals surface area (Å²) in [5, 5.41) is 6.63. The van der Waals surface area contributed by atoms with E-state index >= 15 is 0 Å². The van der Waals surface area contributed by atoms with Crippen molar-refractivity contribution in [2.75, 3.05) is 18.5 Å². The average Bonchev–Trinajstić information content (AvgIpc) is 3.21. The number of fused-ring (bicyclic) bond motifs is 1. The number of hydrogen-bond donors (Lipinski definition) is 2. The predicted octanol–water partition coefficient (Wildman–Crippen LogP) is 2.74. The molecule has 1 unspecified atom stereocenters. The van der Waals surface area contributed by atoms with Crippen molar-refractivity contribution in [2.45, 2.75) is 52.1 Å². The smallest absolute Gasteiger partial charge is 0.254 e. The fourth-order valence-electron chi connectivity index (χ4n) is 3.09. The Morgan fingerprint density at radius 3 is 2.83 bits per heavy atom. The highest BCUT2D eigenvalue weighted by atomic mass is 32.1. The number of nitrogens with one attached hydrogen (secondary N) is 2. The highest BCUT2D eigenvalue weighted by molar-refractivity contribution is 7.17. The van der Waals surface area contributed by atoms with Gasteiger partial charge in [0.2, 0.25) is 5.91 Å². The van der Waals surface area contributed by atoms with Crippen molar-refractivity contribution in [1.82, 2.24) is 5.32 Å². The van der Waals surface area contributed by atoms with Gasteiger partial charge in [0.25, 0.3) is 5.91 Å². The van der Waals surface area contributed by atoms with E-state index in [1.54, 1.807) is 11.3 Å². The van der Waals surface area contributed by atoms with Crippen LogP contribution in [0, 0.1) is 5.92 Å².